The fourth-order valence-electron chi connectivity index (χ4n) is 2.99. The average molecular weight is 374 g/mol. The van der Waals surface area contributed by atoms with Crippen molar-refractivity contribution >= 4 is 29.6 Å². The van der Waals surface area contributed by atoms with Gasteiger partial charge in [-0.05, 0) is 11.1 Å². The molecule has 1 fully saturated rings. The molecule has 0 bridgehead atoms. The number of nitrogens with zero attached hydrogens (tertiary/aromatic N) is 4. The van der Waals surface area contributed by atoms with E-state index in [2.05, 4.69) is 10.0 Å². The highest BCUT2D eigenvalue weighted by Crippen LogP contribution is 2.45. The van der Waals surface area contributed by atoms with Crippen molar-refractivity contribution in [3.63, 3.8) is 0 Å². The molecule has 26 heavy (non-hydrogen) atoms. The molecule has 1 aromatic rings. The number of azide groups is 1. The third kappa shape index (κ3) is 3.00. The van der Waals surface area contributed by atoms with Crippen LogP contribution in [0.4, 0.5) is 0 Å². The molecule has 1 amide bonds. The molecule has 2 aliphatic rings. The van der Waals surface area contributed by atoms with Crippen LogP contribution in [0.3, 0.4) is 0 Å². The summed E-state index contributed by atoms with van der Waals surface area (Å²) in [7, 11) is 0. The number of carbonyl (C=O) groups excluding carboxylic acids is 2. The largest absolute Gasteiger partial charge is 0.477 e. The lowest BCUT2D eigenvalue weighted by Gasteiger charge is -2.48. The zero-order chi connectivity index (χ0) is 18.8. The van der Waals surface area contributed by atoms with Crippen molar-refractivity contribution in [2.45, 2.75) is 24.4 Å². The molecule has 10 heteroatoms. The van der Waals surface area contributed by atoms with Crippen molar-refractivity contribution in [3.8, 4) is 0 Å². The number of carboxylic acids is 1. The Kier molecular flexibility index (Phi) is 4.88. The number of amides is 1. The smallest absolute Gasteiger partial charge is 0.352 e. The van der Waals surface area contributed by atoms with Crippen molar-refractivity contribution in [3.05, 3.63) is 57.6 Å². The number of thioether (sulfide) groups is 1. The predicted molar refractivity (Wildman–Crippen MR) is 91.6 cm³/mol. The van der Waals surface area contributed by atoms with E-state index in [4.69, 9.17) is 10.3 Å². The number of benzene rings is 1. The Labute approximate surface area is 152 Å². The molecule has 2 heterocycles. The first kappa shape index (κ1) is 17.8. The van der Waals surface area contributed by atoms with Gasteiger partial charge >= 0.3 is 11.9 Å². The van der Waals surface area contributed by atoms with Crippen LogP contribution in [-0.2, 0) is 19.1 Å². The number of fused-ring (bicyclic) bond motifs is 1. The molecule has 1 N–H and O–H groups in total. The number of hydrogen-bond donors (Lipinski definition) is 1. The molecule has 1 unspecified atom stereocenters. The fourth-order valence-corrected chi connectivity index (χ4v) is 4.34. The van der Waals surface area contributed by atoms with Gasteiger partial charge in [0.2, 0.25) is 5.91 Å². The van der Waals surface area contributed by atoms with E-state index in [9.17, 15) is 19.5 Å². The van der Waals surface area contributed by atoms with Gasteiger partial charge in [0.25, 0.3) is 0 Å². The van der Waals surface area contributed by atoms with E-state index in [1.54, 1.807) is 30.3 Å². The molecule has 9 nitrogen and oxygen atoms in total. The maximum atomic E-state index is 12.3. The molecule has 0 saturated carbocycles. The molecule has 134 valence electrons. The van der Waals surface area contributed by atoms with Crippen LogP contribution in [0.1, 0.15) is 18.6 Å². The minimum atomic E-state index is -1.30. The first-order chi connectivity index (χ1) is 12.5. The van der Waals surface area contributed by atoms with Crippen LogP contribution in [0.25, 0.3) is 10.4 Å². The molecule has 3 atom stereocenters. The van der Waals surface area contributed by atoms with Crippen LogP contribution in [0, 0.1) is 0 Å². The minimum absolute atomic E-state index is 0.223. The van der Waals surface area contributed by atoms with Gasteiger partial charge < -0.3 is 9.84 Å². The number of β-lactam (4-membered cyclic amide) rings is 1. The summed E-state index contributed by atoms with van der Waals surface area (Å²) in [6.45, 7) is 1.24. The second-order valence-corrected chi connectivity index (χ2v) is 6.74. The van der Waals surface area contributed by atoms with Gasteiger partial charge in [-0.3, -0.25) is 14.5 Å². The third-order valence-electron chi connectivity index (χ3n) is 4.05. The van der Waals surface area contributed by atoms with Crippen LogP contribution >= 0.6 is 11.8 Å². The lowest BCUT2D eigenvalue weighted by molar-refractivity contribution is -0.149. The summed E-state index contributed by atoms with van der Waals surface area (Å²) < 4.78 is 5.38. The molecular weight excluding hydrogens is 360 g/mol. The molecule has 3 rings (SSSR count). The van der Waals surface area contributed by atoms with E-state index in [1.165, 1.54) is 18.7 Å². The third-order valence-corrected chi connectivity index (χ3v) is 5.34. The van der Waals surface area contributed by atoms with Crippen LogP contribution in [-0.4, -0.2) is 45.0 Å². The Morgan fingerprint density at radius 2 is 2.12 bits per heavy atom. The Bertz CT molecular complexity index is 849. The van der Waals surface area contributed by atoms with Crippen LogP contribution in [0.15, 0.2) is 46.7 Å². The number of esters is 1. The topological polar surface area (TPSA) is 133 Å². The molecule has 0 spiro atoms. The summed E-state index contributed by atoms with van der Waals surface area (Å²) in [5.41, 5.74) is 9.26. The maximum Gasteiger partial charge on any atom is 0.352 e. The van der Waals surface area contributed by atoms with Crippen LogP contribution in [0.5, 0.6) is 0 Å². The number of ether oxygens (including phenoxy) is 1. The van der Waals surface area contributed by atoms with Gasteiger partial charge in [-0.25, -0.2) is 4.79 Å². The highest BCUT2D eigenvalue weighted by Gasteiger charge is 2.54. The monoisotopic (exact) mass is 374 g/mol. The zero-order valence-electron chi connectivity index (χ0n) is 13.6. The Morgan fingerprint density at radius 1 is 1.42 bits per heavy atom. The summed E-state index contributed by atoms with van der Waals surface area (Å²) in [5, 5.41) is 12.6. The summed E-state index contributed by atoms with van der Waals surface area (Å²) in [6.07, 6.45) is -0.917. The Balaban J connectivity index is 2.07. The SMILES string of the molecule is CC(=O)OC(C1=C(C(=O)O)N2C(=O)[C@H](N=[N+]=[N-])[C@H]2SC1)c1ccccc1. The summed E-state index contributed by atoms with van der Waals surface area (Å²) in [5.74, 6) is -2.22. The first-order valence-corrected chi connectivity index (χ1v) is 8.68. The molecular formula is C16H14N4O5S. The Hall–Kier alpha value is -2.97. The average Bonchev–Trinajstić information content (AvgIpc) is 2.63. The van der Waals surface area contributed by atoms with Gasteiger partial charge in [-0.2, -0.15) is 0 Å². The van der Waals surface area contributed by atoms with Crippen molar-refractivity contribution in [1.82, 2.24) is 4.90 Å². The Morgan fingerprint density at radius 3 is 2.69 bits per heavy atom. The van der Waals surface area contributed by atoms with E-state index < -0.39 is 35.4 Å². The predicted octanol–water partition coefficient (Wildman–Crippen LogP) is 2.22. The van der Waals surface area contributed by atoms with Gasteiger partial charge in [0.1, 0.15) is 17.1 Å². The summed E-state index contributed by atoms with van der Waals surface area (Å²) in [6, 6.07) is 7.80. The lowest BCUT2D eigenvalue weighted by atomic mass is 9.97. The van der Waals surface area contributed by atoms with Crippen molar-refractivity contribution in [2.75, 3.05) is 5.75 Å². The number of hydrogen-bond acceptors (Lipinski definition) is 6. The van der Waals surface area contributed by atoms with Gasteiger partial charge in [0, 0.05) is 23.2 Å². The standard InChI is InChI=1S/C16H14N4O5S/c1-8(21)25-13(9-5-3-2-4-6-9)10-7-26-15-11(18-19-17)14(22)20(15)12(10)16(23)24/h2-6,11,13,15H,7H2,1H3,(H,23,24)/t11-,13?,15+/m0/s1. The second-order valence-electron chi connectivity index (χ2n) is 5.64. The molecule has 1 saturated heterocycles. The van der Waals surface area contributed by atoms with E-state index in [1.807, 2.05) is 0 Å². The van der Waals surface area contributed by atoms with E-state index in [-0.39, 0.29) is 11.4 Å². The first-order valence-electron chi connectivity index (χ1n) is 7.63. The van der Waals surface area contributed by atoms with E-state index in [0.717, 1.165) is 4.90 Å². The number of carbonyl (C=O) groups is 3. The normalized spacial score (nSPS) is 22.7. The van der Waals surface area contributed by atoms with Gasteiger partial charge in [0.05, 0.1) is 0 Å². The van der Waals surface area contributed by atoms with Crippen molar-refractivity contribution in [1.29, 1.82) is 0 Å². The highest BCUT2D eigenvalue weighted by molar-refractivity contribution is 8.00. The van der Waals surface area contributed by atoms with E-state index >= 15 is 0 Å². The van der Waals surface area contributed by atoms with Gasteiger partial charge in [-0.15, -0.1) is 11.8 Å². The molecule has 1 aromatic carbocycles. The van der Waals surface area contributed by atoms with E-state index in [0.29, 0.717) is 11.1 Å². The fraction of sp³-hybridized carbons (Fsp3) is 0.312. The number of aliphatic carboxylic acids is 1. The highest BCUT2D eigenvalue weighted by atomic mass is 32.2. The summed E-state index contributed by atoms with van der Waals surface area (Å²) >= 11 is 1.27. The quantitative estimate of drug-likeness (QED) is 0.276. The van der Waals surface area contributed by atoms with Gasteiger partial charge in [0.15, 0.2) is 6.10 Å². The van der Waals surface area contributed by atoms with Crippen molar-refractivity contribution < 1.29 is 24.2 Å². The second kappa shape index (κ2) is 7.11. The lowest BCUT2D eigenvalue weighted by Crippen LogP contribution is -2.64. The molecule has 0 radical (unpaired) electrons. The van der Waals surface area contributed by atoms with Gasteiger partial charge in [-0.1, -0.05) is 35.4 Å². The van der Waals surface area contributed by atoms with Crippen molar-refractivity contribution in [2.24, 2.45) is 5.11 Å². The number of carboxylic acid groups (broad SMARTS) is 1. The molecule has 2 aliphatic heterocycles. The van der Waals surface area contributed by atoms with Crippen LogP contribution < -0.4 is 0 Å². The van der Waals surface area contributed by atoms with Crippen LogP contribution in [0.2, 0.25) is 0 Å². The summed E-state index contributed by atoms with van der Waals surface area (Å²) in [4.78, 5) is 39.5. The molecule has 0 aliphatic carbocycles. The zero-order valence-corrected chi connectivity index (χ0v) is 14.4. The molecule has 0 aromatic heterocycles. The maximum absolute atomic E-state index is 12.3. The number of rotatable bonds is 5. The minimum Gasteiger partial charge on any atom is -0.477 e.